The fourth-order valence-corrected chi connectivity index (χ4v) is 4.60. The average Bonchev–Trinajstić information content (AvgIpc) is 2.72. The lowest BCUT2D eigenvalue weighted by Crippen LogP contribution is -2.31. The fourth-order valence-electron chi connectivity index (χ4n) is 4.60. The van der Waals surface area contributed by atoms with Crippen molar-refractivity contribution in [3.8, 4) is 0 Å². The van der Waals surface area contributed by atoms with Gasteiger partial charge in [-0.3, -0.25) is 0 Å². The molecule has 24 heavy (non-hydrogen) atoms. The highest BCUT2D eigenvalue weighted by molar-refractivity contribution is 5.55. The maximum Gasteiger partial charge on any atom is 0.0997 e. The summed E-state index contributed by atoms with van der Waals surface area (Å²) >= 11 is 0. The van der Waals surface area contributed by atoms with E-state index >= 15 is 0 Å². The van der Waals surface area contributed by atoms with Crippen LogP contribution < -0.4 is 5.32 Å². The minimum Gasteiger partial charge on any atom is -0.497 e. The number of nitrogens with one attached hydrogen (secondary N) is 1. The van der Waals surface area contributed by atoms with Crippen molar-refractivity contribution in [3.05, 3.63) is 53.3 Å². The Morgan fingerprint density at radius 3 is 3.00 bits per heavy atom. The number of anilines is 1. The number of fused-ring (bicyclic) bond motifs is 2. The number of hydrogen-bond acceptors (Lipinski definition) is 2. The standard InChI is InChI=1S/C22H29NO/c1-21(2)13-17-11-16(9-10-19(17)23-14-21)12-22(3)15-24-20-8-6-4-5-7-18(20)22/h4,6,8-11,18,23H,5,7,12-15H2,1-3H3. The molecule has 2 atom stereocenters. The van der Waals surface area contributed by atoms with Crippen LogP contribution in [0.1, 0.15) is 44.7 Å². The van der Waals surface area contributed by atoms with Crippen LogP contribution in [0.25, 0.3) is 0 Å². The third-order valence-corrected chi connectivity index (χ3v) is 5.98. The van der Waals surface area contributed by atoms with Crippen LogP contribution in [0.3, 0.4) is 0 Å². The molecular weight excluding hydrogens is 294 g/mol. The monoisotopic (exact) mass is 323 g/mol. The van der Waals surface area contributed by atoms with Gasteiger partial charge in [0.1, 0.15) is 0 Å². The Morgan fingerprint density at radius 2 is 2.12 bits per heavy atom. The summed E-state index contributed by atoms with van der Waals surface area (Å²) in [4.78, 5) is 0. The van der Waals surface area contributed by atoms with Crippen LogP contribution >= 0.6 is 0 Å². The topological polar surface area (TPSA) is 21.3 Å². The Hall–Kier alpha value is -1.70. The van der Waals surface area contributed by atoms with Gasteiger partial charge in [-0.25, -0.2) is 0 Å². The lowest BCUT2D eigenvalue weighted by Gasteiger charge is -2.33. The van der Waals surface area contributed by atoms with Gasteiger partial charge in [-0.15, -0.1) is 0 Å². The molecule has 3 aliphatic rings. The highest BCUT2D eigenvalue weighted by Gasteiger charge is 2.43. The molecule has 0 bridgehead atoms. The van der Waals surface area contributed by atoms with Crippen LogP contribution in [0.4, 0.5) is 5.69 Å². The number of benzene rings is 1. The van der Waals surface area contributed by atoms with E-state index in [9.17, 15) is 0 Å². The Labute approximate surface area is 146 Å². The Kier molecular flexibility index (Phi) is 3.74. The molecule has 0 aromatic heterocycles. The SMILES string of the molecule is CC1(C)CNc2ccc(CC3(C)COC4=CC=CCCC43)cc2C1. The van der Waals surface area contributed by atoms with Crippen molar-refractivity contribution in [3.63, 3.8) is 0 Å². The largest absolute Gasteiger partial charge is 0.497 e. The van der Waals surface area contributed by atoms with Crippen LogP contribution in [0.15, 0.2) is 42.2 Å². The molecule has 2 nitrogen and oxygen atoms in total. The van der Waals surface area contributed by atoms with Crippen LogP contribution in [0.2, 0.25) is 0 Å². The van der Waals surface area contributed by atoms with Gasteiger partial charge in [-0.05, 0) is 54.4 Å². The van der Waals surface area contributed by atoms with Gasteiger partial charge >= 0.3 is 0 Å². The molecule has 2 heterocycles. The van der Waals surface area contributed by atoms with Gasteiger partial charge in [0.25, 0.3) is 0 Å². The van der Waals surface area contributed by atoms with Gasteiger partial charge < -0.3 is 10.1 Å². The number of allylic oxidation sites excluding steroid dienone is 4. The molecule has 0 radical (unpaired) electrons. The highest BCUT2D eigenvalue weighted by Crippen LogP contribution is 2.47. The summed E-state index contributed by atoms with van der Waals surface area (Å²) in [6.45, 7) is 9.01. The molecule has 1 aromatic rings. The van der Waals surface area contributed by atoms with Gasteiger partial charge in [-0.2, -0.15) is 0 Å². The molecule has 2 unspecified atom stereocenters. The third kappa shape index (κ3) is 2.87. The molecule has 0 spiro atoms. The van der Waals surface area contributed by atoms with Crippen molar-refractivity contribution in [1.29, 1.82) is 0 Å². The molecule has 0 saturated carbocycles. The van der Waals surface area contributed by atoms with Crippen LogP contribution in [-0.2, 0) is 17.6 Å². The molecule has 1 aromatic carbocycles. The first-order valence-corrected chi connectivity index (χ1v) is 9.30. The van der Waals surface area contributed by atoms with E-state index in [2.05, 4.69) is 62.5 Å². The molecule has 1 fully saturated rings. The maximum absolute atomic E-state index is 6.07. The summed E-state index contributed by atoms with van der Waals surface area (Å²) in [5.74, 6) is 1.75. The maximum atomic E-state index is 6.07. The van der Waals surface area contributed by atoms with Gasteiger partial charge in [0, 0.05) is 23.6 Å². The molecule has 1 N–H and O–H groups in total. The van der Waals surface area contributed by atoms with Gasteiger partial charge in [0.05, 0.1) is 12.4 Å². The summed E-state index contributed by atoms with van der Waals surface area (Å²) in [5, 5.41) is 3.59. The lowest BCUT2D eigenvalue weighted by atomic mass is 9.72. The molecule has 0 amide bonds. The molecule has 2 heteroatoms. The second-order valence-corrected chi connectivity index (χ2v) is 8.93. The van der Waals surface area contributed by atoms with Gasteiger partial charge in [0.15, 0.2) is 0 Å². The van der Waals surface area contributed by atoms with Gasteiger partial charge in [0.2, 0.25) is 0 Å². The zero-order valence-corrected chi connectivity index (χ0v) is 15.2. The smallest absolute Gasteiger partial charge is 0.0997 e. The molecule has 1 aliphatic carbocycles. The number of rotatable bonds is 2. The van der Waals surface area contributed by atoms with E-state index in [0.29, 0.717) is 11.3 Å². The summed E-state index contributed by atoms with van der Waals surface area (Å²) < 4.78 is 6.07. The first kappa shape index (κ1) is 15.8. The fraction of sp³-hybridized carbons (Fsp3) is 0.545. The number of hydrogen-bond donors (Lipinski definition) is 1. The quantitative estimate of drug-likeness (QED) is 0.816. The Morgan fingerprint density at radius 1 is 1.25 bits per heavy atom. The van der Waals surface area contributed by atoms with E-state index in [1.165, 1.54) is 29.0 Å². The minimum atomic E-state index is 0.212. The average molecular weight is 323 g/mol. The number of ether oxygens (including phenoxy) is 1. The van der Waals surface area contributed by atoms with Crippen molar-refractivity contribution >= 4 is 5.69 Å². The molecule has 2 aliphatic heterocycles. The van der Waals surface area contributed by atoms with E-state index in [1.807, 2.05) is 0 Å². The van der Waals surface area contributed by atoms with E-state index < -0.39 is 0 Å². The second-order valence-electron chi connectivity index (χ2n) is 8.93. The predicted molar refractivity (Wildman–Crippen MR) is 100 cm³/mol. The van der Waals surface area contributed by atoms with Crippen LogP contribution in [0.5, 0.6) is 0 Å². The summed E-state index contributed by atoms with van der Waals surface area (Å²) in [5.41, 5.74) is 4.81. The highest BCUT2D eigenvalue weighted by atomic mass is 16.5. The van der Waals surface area contributed by atoms with Crippen LogP contribution in [0, 0.1) is 16.7 Å². The van der Waals surface area contributed by atoms with Crippen molar-refractivity contribution < 1.29 is 4.74 Å². The third-order valence-electron chi connectivity index (χ3n) is 5.98. The molecule has 1 saturated heterocycles. The lowest BCUT2D eigenvalue weighted by molar-refractivity contribution is 0.181. The van der Waals surface area contributed by atoms with Crippen molar-refractivity contribution in [2.75, 3.05) is 18.5 Å². The van der Waals surface area contributed by atoms with E-state index in [4.69, 9.17) is 4.74 Å². The van der Waals surface area contributed by atoms with E-state index in [0.717, 1.165) is 32.4 Å². The zero-order valence-electron chi connectivity index (χ0n) is 15.2. The second kappa shape index (κ2) is 5.68. The summed E-state index contributed by atoms with van der Waals surface area (Å²) in [7, 11) is 0. The predicted octanol–water partition coefficient (Wildman–Crippen LogP) is 5.11. The Balaban J connectivity index is 1.57. The minimum absolute atomic E-state index is 0.212. The van der Waals surface area contributed by atoms with Crippen molar-refractivity contribution in [1.82, 2.24) is 0 Å². The first-order chi connectivity index (χ1) is 11.5. The van der Waals surface area contributed by atoms with Gasteiger partial charge in [-0.1, -0.05) is 45.1 Å². The molecular formula is C22H29NO. The zero-order chi connectivity index (χ0) is 16.8. The van der Waals surface area contributed by atoms with E-state index in [1.54, 1.807) is 0 Å². The van der Waals surface area contributed by atoms with E-state index in [-0.39, 0.29) is 5.41 Å². The van der Waals surface area contributed by atoms with Crippen LogP contribution in [-0.4, -0.2) is 13.2 Å². The summed E-state index contributed by atoms with van der Waals surface area (Å²) in [6.07, 6.45) is 11.2. The Bertz CT molecular complexity index is 700. The van der Waals surface area contributed by atoms with Crippen molar-refractivity contribution in [2.45, 2.75) is 46.5 Å². The summed E-state index contributed by atoms with van der Waals surface area (Å²) in [6, 6.07) is 7.03. The molecule has 4 rings (SSSR count). The van der Waals surface area contributed by atoms with Crippen molar-refractivity contribution in [2.24, 2.45) is 16.7 Å². The normalized spacial score (nSPS) is 30.5. The molecule has 128 valence electrons. The first-order valence-electron chi connectivity index (χ1n) is 9.30.